The Balaban J connectivity index is 0.000000612. The van der Waals surface area contributed by atoms with E-state index in [1.54, 1.807) is 6.07 Å². The van der Waals surface area contributed by atoms with E-state index in [1.165, 1.54) is 6.07 Å². The van der Waals surface area contributed by atoms with Crippen LogP contribution in [0.5, 0.6) is 0 Å². The molecule has 0 unspecified atom stereocenters. The van der Waals surface area contributed by atoms with Crippen molar-refractivity contribution < 1.29 is 27.9 Å². The first-order chi connectivity index (χ1) is 9.38. The van der Waals surface area contributed by atoms with Gasteiger partial charge in [-0.15, -0.1) is 0 Å². The van der Waals surface area contributed by atoms with E-state index in [1.807, 2.05) is 0 Å². The van der Waals surface area contributed by atoms with Crippen LogP contribution in [0.15, 0.2) is 24.3 Å². The highest BCUT2D eigenvalue weighted by Crippen LogP contribution is 2.30. The SMILES string of the molecule is O=C(NCc1cccc(C(F)(F)F)c1)C1CC1.O=CO. The maximum absolute atomic E-state index is 12.4. The highest BCUT2D eigenvalue weighted by atomic mass is 19.4. The van der Waals surface area contributed by atoms with Gasteiger partial charge in [-0.3, -0.25) is 9.59 Å². The number of carbonyl (C=O) groups is 2. The van der Waals surface area contributed by atoms with Gasteiger partial charge < -0.3 is 10.4 Å². The molecule has 0 bridgehead atoms. The number of hydrogen-bond donors (Lipinski definition) is 2. The van der Waals surface area contributed by atoms with Crippen molar-refractivity contribution in [3.8, 4) is 0 Å². The molecule has 110 valence electrons. The van der Waals surface area contributed by atoms with Crippen molar-refractivity contribution in [2.24, 2.45) is 5.92 Å². The number of halogens is 3. The first-order valence-electron chi connectivity index (χ1n) is 5.90. The molecule has 1 amide bonds. The molecule has 0 saturated heterocycles. The quantitative estimate of drug-likeness (QED) is 0.840. The number of nitrogens with one attached hydrogen (secondary N) is 1. The summed E-state index contributed by atoms with van der Waals surface area (Å²) < 4.78 is 37.3. The van der Waals surface area contributed by atoms with E-state index in [4.69, 9.17) is 9.90 Å². The third-order valence-corrected chi connectivity index (χ3v) is 2.67. The van der Waals surface area contributed by atoms with Crippen molar-refractivity contribution in [1.29, 1.82) is 0 Å². The van der Waals surface area contributed by atoms with E-state index < -0.39 is 11.7 Å². The molecule has 0 aliphatic heterocycles. The van der Waals surface area contributed by atoms with Crippen LogP contribution in [0, 0.1) is 5.92 Å². The van der Waals surface area contributed by atoms with Crippen LogP contribution in [0.1, 0.15) is 24.0 Å². The molecule has 0 radical (unpaired) electrons. The second-order valence-electron chi connectivity index (χ2n) is 4.30. The third-order valence-electron chi connectivity index (χ3n) is 2.67. The fraction of sp³-hybridized carbons (Fsp3) is 0.385. The number of carboxylic acid groups (broad SMARTS) is 1. The molecule has 2 N–H and O–H groups in total. The van der Waals surface area contributed by atoms with E-state index in [9.17, 15) is 18.0 Å². The lowest BCUT2D eigenvalue weighted by Crippen LogP contribution is -2.24. The van der Waals surface area contributed by atoms with Crippen LogP contribution in [0.25, 0.3) is 0 Å². The average molecular weight is 289 g/mol. The van der Waals surface area contributed by atoms with E-state index >= 15 is 0 Å². The van der Waals surface area contributed by atoms with Crippen LogP contribution in [0.3, 0.4) is 0 Å². The Morgan fingerprint density at radius 3 is 2.50 bits per heavy atom. The minimum Gasteiger partial charge on any atom is -0.483 e. The molecule has 0 spiro atoms. The van der Waals surface area contributed by atoms with Gasteiger partial charge in [0.2, 0.25) is 5.91 Å². The third kappa shape index (κ3) is 5.29. The molecular weight excluding hydrogens is 275 g/mol. The van der Waals surface area contributed by atoms with Gasteiger partial charge in [-0.25, -0.2) is 0 Å². The van der Waals surface area contributed by atoms with Crippen LogP contribution < -0.4 is 5.32 Å². The molecule has 20 heavy (non-hydrogen) atoms. The van der Waals surface area contributed by atoms with E-state index in [0.29, 0.717) is 5.56 Å². The molecule has 0 aromatic heterocycles. The van der Waals surface area contributed by atoms with Gasteiger partial charge >= 0.3 is 6.18 Å². The average Bonchev–Trinajstić information content (AvgIpc) is 3.20. The topological polar surface area (TPSA) is 66.4 Å². The molecule has 1 fully saturated rings. The highest BCUT2D eigenvalue weighted by molar-refractivity contribution is 5.80. The predicted molar refractivity (Wildman–Crippen MR) is 64.7 cm³/mol. The van der Waals surface area contributed by atoms with Crippen LogP contribution in [-0.4, -0.2) is 17.5 Å². The lowest BCUT2D eigenvalue weighted by Gasteiger charge is -2.09. The van der Waals surface area contributed by atoms with E-state index in [2.05, 4.69) is 5.32 Å². The molecule has 1 aliphatic rings. The van der Waals surface area contributed by atoms with Gasteiger partial charge in [-0.05, 0) is 30.5 Å². The van der Waals surface area contributed by atoms with Gasteiger partial charge in [0.15, 0.2) is 0 Å². The Kier molecular flexibility index (Phi) is 5.54. The van der Waals surface area contributed by atoms with Gasteiger partial charge in [0.1, 0.15) is 0 Å². The van der Waals surface area contributed by atoms with Crippen molar-refractivity contribution in [2.45, 2.75) is 25.6 Å². The number of carbonyl (C=O) groups excluding carboxylic acids is 1. The maximum Gasteiger partial charge on any atom is 0.416 e. The molecular formula is C13H14F3NO3. The Morgan fingerprint density at radius 1 is 1.40 bits per heavy atom. The molecule has 0 heterocycles. The summed E-state index contributed by atoms with van der Waals surface area (Å²) in [5.74, 6) is 0.00297. The van der Waals surface area contributed by atoms with Crippen molar-refractivity contribution in [1.82, 2.24) is 5.32 Å². The summed E-state index contributed by atoms with van der Waals surface area (Å²) in [7, 11) is 0. The molecule has 1 saturated carbocycles. The van der Waals surface area contributed by atoms with Crippen LogP contribution in [-0.2, 0) is 22.3 Å². The van der Waals surface area contributed by atoms with Gasteiger partial charge in [0.25, 0.3) is 6.47 Å². The van der Waals surface area contributed by atoms with Crippen molar-refractivity contribution in [3.05, 3.63) is 35.4 Å². The first kappa shape index (κ1) is 16.0. The highest BCUT2D eigenvalue weighted by Gasteiger charge is 2.31. The number of hydrogen-bond acceptors (Lipinski definition) is 2. The Bertz CT molecular complexity index is 470. The Hall–Kier alpha value is -2.05. The molecule has 1 aliphatic carbocycles. The molecule has 1 aromatic carbocycles. The standard InChI is InChI=1S/C12H12F3NO.CH2O2/c13-12(14,15)10-3-1-2-8(6-10)7-16-11(17)9-4-5-9;2-1-3/h1-3,6,9H,4-5,7H2,(H,16,17);1H,(H,2,3). The second kappa shape index (κ2) is 6.93. The largest absolute Gasteiger partial charge is 0.483 e. The Labute approximate surface area is 113 Å². The zero-order chi connectivity index (χ0) is 15.2. The number of rotatable bonds is 3. The molecule has 7 heteroatoms. The lowest BCUT2D eigenvalue weighted by molar-refractivity contribution is -0.137. The summed E-state index contributed by atoms with van der Waals surface area (Å²) in [6.45, 7) is -0.0980. The van der Waals surface area contributed by atoms with Crippen molar-refractivity contribution in [3.63, 3.8) is 0 Å². The molecule has 2 rings (SSSR count). The molecule has 4 nitrogen and oxygen atoms in total. The number of benzene rings is 1. The maximum atomic E-state index is 12.4. The summed E-state index contributed by atoms with van der Waals surface area (Å²) in [4.78, 5) is 19.7. The van der Waals surface area contributed by atoms with Crippen molar-refractivity contribution in [2.75, 3.05) is 0 Å². The van der Waals surface area contributed by atoms with Crippen LogP contribution >= 0.6 is 0 Å². The minimum absolute atomic E-state index is 0.0672. The zero-order valence-corrected chi connectivity index (χ0v) is 10.5. The van der Waals surface area contributed by atoms with Crippen LogP contribution in [0.2, 0.25) is 0 Å². The summed E-state index contributed by atoms with van der Waals surface area (Å²) in [5.41, 5.74) is -0.218. The normalized spacial score (nSPS) is 13.9. The minimum atomic E-state index is -4.34. The fourth-order valence-corrected chi connectivity index (χ4v) is 1.54. The molecule has 1 aromatic rings. The number of alkyl halides is 3. The van der Waals surface area contributed by atoms with Gasteiger partial charge in [0.05, 0.1) is 5.56 Å². The van der Waals surface area contributed by atoms with E-state index in [0.717, 1.165) is 25.0 Å². The number of amides is 1. The predicted octanol–water partition coefficient (Wildman–Crippen LogP) is 2.43. The van der Waals surface area contributed by atoms with E-state index in [-0.39, 0.29) is 24.8 Å². The van der Waals surface area contributed by atoms with Crippen LogP contribution in [0.4, 0.5) is 13.2 Å². The van der Waals surface area contributed by atoms with Gasteiger partial charge in [-0.2, -0.15) is 13.2 Å². The summed E-state index contributed by atoms with van der Waals surface area (Å²) in [5, 5.41) is 9.52. The fourth-order valence-electron chi connectivity index (χ4n) is 1.54. The lowest BCUT2D eigenvalue weighted by atomic mass is 10.1. The van der Waals surface area contributed by atoms with Gasteiger partial charge in [-0.1, -0.05) is 12.1 Å². The smallest absolute Gasteiger partial charge is 0.416 e. The van der Waals surface area contributed by atoms with Crippen molar-refractivity contribution >= 4 is 12.4 Å². The Morgan fingerprint density at radius 2 is 2.00 bits per heavy atom. The second-order valence-corrected chi connectivity index (χ2v) is 4.30. The molecule has 0 atom stereocenters. The summed E-state index contributed by atoms with van der Waals surface area (Å²) >= 11 is 0. The zero-order valence-electron chi connectivity index (χ0n) is 10.5. The monoisotopic (exact) mass is 289 g/mol. The first-order valence-corrected chi connectivity index (χ1v) is 5.90. The van der Waals surface area contributed by atoms with Gasteiger partial charge in [0, 0.05) is 12.5 Å². The summed E-state index contributed by atoms with van der Waals surface area (Å²) in [6, 6.07) is 5.00. The summed E-state index contributed by atoms with van der Waals surface area (Å²) in [6.07, 6.45) is -2.57.